The highest BCUT2D eigenvalue weighted by Crippen LogP contribution is 2.12. The Kier molecular flexibility index (Phi) is 2.55. The van der Waals surface area contributed by atoms with Crippen molar-refractivity contribution in [1.29, 1.82) is 0 Å². The van der Waals surface area contributed by atoms with Gasteiger partial charge in [0.25, 0.3) is 0 Å². The molecule has 0 saturated heterocycles. The first-order valence-electron chi connectivity index (χ1n) is 3.98. The number of nitrogens with zero attached hydrogens (tertiary/aromatic N) is 3. The second-order valence-corrected chi connectivity index (χ2v) is 4.05. The van der Waals surface area contributed by atoms with Crippen LogP contribution in [0.15, 0.2) is 22.9 Å². The lowest BCUT2D eigenvalue weighted by molar-refractivity contribution is 0.863. The molecule has 0 radical (unpaired) electrons. The average Bonchev–Trinajstić information content (AvgIpc) is 2.72. The topological polar surface area (TPSA) is 46.0 Å². The SMILES string of the molecule is Cc1ccsc1/C=N/n1cn[nH]c1=S. The highest BCUT2D eigenvalue weighted by Gasteiger charge is 1.95. The lowest BCUT2D eigenvalue weighted by Crippen LogP contribution is -1.88. The molecule has 0 aromatic carbocycles. The van der Waals surface area contributed by atoms with Crippen molar-refractivity contribution in [2.45, 2.75) is 6.92 Å². The Hall–Kier alpha value is -1.27. The summed E-state index contributed by atoms with van der Waals surface area (Å²) in [5, 5.41) is 12.6. The molecule has 6 heteroatoms. The highest BCUT2D eigenvalue weighted by atomic mass is 32.1. The van der Waals surface area contributed by atoms with Gasteiger partial charge in [0, 0.05) is 0 Å². The summed E-state index contributed by atoms with van der Waals surface area (Å²) in [7, 11) is 0. The van der Waals surface area contributed by atoms with Gasteiger partial charge in [0.05, 0.1) is 11.1 Å². The third kappa shape index (κ3) is 1.80. The van der Waals surface area contributed by atoms with Crippen LogP contribution in [0.25, 0.3) is 0 Å². The van der Waals surface area contributed by atoms with E-state index in [1.165, 1.54) is 10.2 Å². The van der Waals surface area contributed by atoms with E-state index in [0.717, 1.165) is 4.88 Å². The van der Waals surface area contributed by atoms with Gasteiger partial charge in [0.2, 0.25) is 4.77 Å². The van der Waals surface area contributed by atoms with Crippen molar-refractivity contribution in [3.8, 4) is 0 Å². The predicted molar refractivity (Wildman–Crippen MR) is 59.5 cm³/mol. The lowest BCUT2D eigenvalue weighted by Gasteiger charge is -1.90. The van der Waals surface area contributed by atoms with Crippen LogP contribution >= 0.6 is 23.6 Å². The smallest absolute Gasteiger partial charge is 0.216 e. The quantitative estimate of drug-likeness (QED) is 0.628. The van der Waals surface area contributed by atoms with Gasteiger partial charge in [-0.25, -0.2) is 0 Å². The summed E-state index contributed by atoms with van der Waals surface area (Å²) in [5.41, 5.74) is 1.22. The van der Waals surface area contributed by atoms with E-state index in [2.05, 4.69) is 21.4 Å². The van der Waals surface area contributed by atoms with Gasteiger partial charge in [-0.05, 0) is 36.2 Å². The van der Waals surface area contributed by atoms with Crippen molar-refractivity contribution in [1.82, 2.24) is 14.9 Å². The maximum atomic E-state index is 4.95. The maximum absolute atomic E-state index is 4.95. The van der Waals surface area contributed by atoms with Crippen LogP contribution in [0, 0.1) is 11.7 Å². The van der Waals surface area contributed by atoms with Crippen LogP contribution in [0.5, 0.6) is 0 Å². The Bertz CT molecular complexity index is 505. The Morgan fingerprint density at radius 2 is 2.57 bits per heavy atom. The van der Waals surface area contributed by atoms with Gasteiger partial charge in [0.15, 0.2) is 0 Å². The number of thiophene rings is 1. The molecule has 0 saturated carbocycles. The molecule has 14 heavy (non-hydrogen) atoms. The first-order chi connectivity index (χ1) is 6.77. The molecule has 2 heterocycles. The van der Waals surface area contributed by atoms with E-state index in [1.807, 2.05) is 12.3 Å². The zero-order valence-corrected chi connectivity index (χ0v) is 9.10. The van der Waals surface area contributed by atoms with E-state index in [4.69, 9.17) is 12.2 Å². The van der Waals surface area contributed by atoms with Crippen LogP contribution in [0.3, 0.4) is 0 Å². The molecule has 2 rings (SSSR count). The normalized spacial score (nSPS) is 11.2. The van der Waals surface area contributed by atoms with Gasteiger partial charge in [0.1, 0.15) is 6.33 Å². The van der Waals surface area contributed by atoms with Gasteiger partial charge in [-0.15, -0.1) is 11.3 Å². The Morgan fingerprint density at radius 3 is 3.14 bits per heavy atom. The minimum Gasteiger partial charge on any atom is -0.250 e. The second kappa shape index (κ2) is 3.85. The highest BCUT2D eigenvalue weighted by molar-refractivity contribution is 7.71. The van der Waals surface area contributed by atoms with E-state index >= 15 is 0 Å². The fourth-order valence-electron chi connectivity index (χ4n) is 0.956. The van der Waals surface area contributed by atoms with Crippen LogP contribution in [0.1, 0.15) is 10.4 Å². The molecule has 0 aliphatic heterocycles. The number of nitrogens with one attached hydrogen (secondary N) is 1. The third-order valence-corrected chi connectivity index (χ3v) is 2.97. The van der Waals surface area contributed by atoms with Gasteiger partial charge in [-0.2, -0.15) is 14.9 Å². The number of aromatic nitrogens is 3. The van der Waals surface area contributed by atoms with Gasteiger partial charge < -0.3 is 0 Å². The van der Waals surface area contributed by atoms with Gasteiger partial charge >= 0.3 is 0 Å². The summed E-state index contributed by atoms with van der Waals surface area (Å²) in [4.78, 5) is 1.13. The lowest BCUT2D eigenvalue weighted by atomic mass is 10.3. The second-order valence-electron chi connectivity index (χ2n) is 2.72. The van der Waals surface area contributed by atoms with E-state index < -0.39 is 0 Å². The van der Waals surface area contributed by atoms with Crippen molar-refractivity contribution in [2.24, 2.45) is 5.10 Å². The molecule has 4 nitrogen and oxygen atoms in total. The van der Waals surface area contributed by atoms with Crippen molar-refractivity contribution >= 4 is 29.8 Å². The molecule has 72 valence electrons. The summed E-state index contributed by atoms with van der Waals surface area (Å²) >= 11 is 6.60. The molecular weight excluding hydrogens is 216 g/mol. The fraction of sp³-hybridized carbons (Fsp3) is 0.125. The van der Waals surface area contributed by atoms with Crippen LogP contribution in [0.4, 0.5) is 0 Å². The van der Waals surface area contributed by atoms with Gasteiger partial charge in [-0.3, -0.25) is 5.10 Å². The molecule has 0 bridgehead atoms. The molecule has 0 unspecified atom stereocenters. The summed E-state index contributed by atoms with van der Waals surface area (Å²) in [6.07, 6.45) is 3.33. The molecular formula is C8H8N4S2. The molecule has 0 aliphatic rings. The van der Waals surface area contributed by atoms with E-state index in [-0.39, 0.29) is 0 Å². The number of aromatic amines is 1. The molecule has 2 aromatic heterocycles. The number of aryl methyl sites for hydroxylation is 1. The standard InChI is InChI=1S/C8H8N4S2/c1-6-2-3-14-7(6)4-10-12-5-9-11-8(12)13/h2-5H,1H3,(H,11,13)/b10-4+. The van der Waals surface area contributed by atoms with Crippen LogP contribution in [-0.4, -0.2) is 21.1 Å². The largest absolute Gasteiger partial charge is 0.250 e. The van der Waals surface area contributed by atoms with Crippen LogP contribution in [0.2, 0.25) is 0 Å². The predicted octanol–water partition coefficient (Wildman–Crippen LogP) is 2.19. The monoisotopic (exact) mass is 224 g/mol. The zero-order valence-electron chi connectivity index (χ0n) is 7.47. The van der Waals surface area contributed by atoms with Crippen molar-refractivity contribution in [3.63, 3.8) is 0 Å². The molecule has 0 fully saturated rings. The zero-order chi connectivity index (χ0) is 9.97. The van der Waals surface area contributed by atoms with Crippen LogP contribution < -0.4 is 0 Å². The number of H-pyrrole nitrogens is 1. The molecule has 0 amide bonds. The average molecular weight is 224 g/mol. The molecule has 0 spiro atoms. The van der Waals surface area contributed by atoms with Crippen LogP contribution in [-0.2, 0) is 0 Å². The molecule has 0 atom stereocenters. The summed E-state index contributed by atoms with van der Waals surface area (Å²) in [6, 6.07) is 2.06. The Labute approximate surface area is 89.9 Å². The minimum atomic E-state index is 0.496. The minimum absolute atomic E-state index is 0.496. The molecule has 0 aliphatic carbocycles. The van der Waals surface area contributed by atoms with E-state index in [9.17, 15) is 0 Å². The third-order valence-electron chi connectivity index (χ3n) is 1.74. The number of hydrogen-bond donors (Lipinski definition) is 1. The summed E-state index contributed by atoms with van der Waals surface area (Å²) in [6.45, 7) is 2.05. The first-order valence-corrected chi connectivity index (χ1v) is 5.26. The Balaban J connectivity index is 2.28. The van der Waals surface area contributed by atoms with Crippen molar-refractivity contribution in [3.05, 3.63) is 33.0 Å². The Morgan fingerprint density at radius 1 is 1.71 bits per heavy atom. The first kappa shape index (κ1) is 9.29. The summed E-state index contributed by atoms with van der Waals surface area (Å²) < 4.78 is 2.02. The van der Waals surface area contributed by atoms with Crippen molar-refractivity contribution < 1.29 is 0 Å². The number of rotatable bonds is 2. The molecule has 2 aromatic rings. The number of hydrogen-bond acceptors (Lipinski definition) is 4. The van der Waals surface area contributed by atoms with Crippen molar-refractivity contribution in [2.75, 3.05) is 0 Å². The fourth-order valence-corrected chi connectivity index (χ4v) is 1.88. The molecule has 1 N–H and O–H groups in total. The maximum Gasteiger partial charge on any atom is 0.216 e. The van der Waals surface area contributed by atoms with Gasteiger partial charge in [-0.1, -0.05) is 0 Å². The van der Waals surface area contributed by atoms with E-state index in [1.54, 1.807) is 23.9 Å². The van der Waals surface area contributed by atoms with E-state index in [0.29, 0.717) is 4.77 Å². The summed E-state index contributed by atoms with van der Waals surface area (Å²) in [5.74, 6) is 0.